The van der Waals surface area contributed by atoms with Gasteiger partial charge in [0.05, 0.1) is 0 Å². The molecule has 0 aromatic heterocycles. The van der Waals surface area contributed by atoms with Crippen molar-refractivity contribution in [1.82, 2.24) is 0 Å². The maximum atomic E-state index is 11.1. The van der Waals surface area contributed by atoms with Gasteiger partial charge in [-0.15, -0.1) is 0 Å². The molecule has 1 nitrogen and oxygen atoms in total. The van der Waals surface area contributed by atoms with E-state index in [0.29, 0.717) is 40.1 Å². The molecular formula is C30H50O. The maximum Gasteiger partial charge on any atom is 0.0493 e. The summed E-state index contributed by atoms with van der Waals surface area (Å²) in [5.41, 5.74) is 3.47. The second-order valence-corrected chi connectivity index (χ2v) is 14.2. The predicted molar refractivity (Wildman–Crippen MR) is 131 cm³/mol. The minimum absolute atomic E-state index is 0.153. The van der Waals surface area contributed by atoms with Crippen LogP contribution < -0.4 is 0 Å². The van der Waals surface area contributed by atoms with Crippen molar-refractivity contribution in [3.8, 4) is 0 Å². The molecule has 5 aliphatic carbocycles. The first-order valence-corrected chi connectivity index (χ1v) is 13.8. The van der Waals surface area contributed by atoms with E-state index in [0.717, 1.165) is 17.8 Å². The average Bonchev–Trinajstić information content (AvgIpc) is 3.09. The Balaban J connectivity index is 1.56. The number of hydrogen-bond donors (Lipinski definition) is 1. The van der Waals surface area contributed by atoms with Crippen molar-refractivity contribution in [3.63, 3.8) is 0 Å². The number of aliphatic hydroxyl groups is 1. The molecule has 0 unspecified atom stereocenters. The summed E-state index contributed by atoms with van der Waals surface area (Å²) in [6.07, 6.45) is 16.1. The minimum atomic E-state index is 0.153. The van der Waals surface area contributed by atoms with Gasteiger partial charge < -0.3 is 5.11 Å². The Kier molecular flexibility index (Phi) is 4.98. The Morgan fingerprint density at radius 2 is 1.52 bits per heavy atom. The highest BCUT2D eigenvalue weighted by Gasteiger charge is 2.71. The molecule has 0 heterocycles. The van der Waals surface area contributed by atoms with Crippen molar-refractivity contribution in [3.05, 3.63) is 11.6 Å². The zero-order valence-corrected chi connectivity index (χ0v) is 21.7. The molecule has 0 aromatic rings. The number of rotatable bonds is 2. The fourth-order valence-corrected chi connectivity index (χ4v) is 11.7. The van der Waals surface area contributed by atoms with Crippen molar-refractivity contribution in [2.24, 2.45) is 56.7 Å². The first kappa shape index (κ1) is 22.5. The zero-order chi connectivity index (χ0) is 22.4. The van der Waals surface area contributed by atoms with Crippen LogP contribution in [0.4, 0.5) is 0 Å². The number of allylic oxidation sites excluding steroid dienone is 2. The fraction of sp³-hybridized carbons (Fsp3) is 0.933. The maximum absolute atomic E-state index is 11.1. The van der Waals surface area contributed by atoms with Crippen LogP contribution in [0.25, 0.3) is 0 Å². The molecular weight excluding hydrogens is 376 g/mol. The Labute approximate surface area is 192 Å². The van der Waals surface area contributed by atoms with Crippen LogP contribution in [-0.2, 0) is 0 Å². The van der Waals surface area contributed by atoms with Crippen LogP contribution in [0.5, 0.6) is 0 Å². The number of aliphatic hydroxyl groups excluding tert-OH is 1. The van der Waals surface area contributed by atoms with Gasteiger partial charge in [0.2, 0.25) is 0 Å². The lowest BCUT2D eigenvalue weighted by molar-refractivity contribution is -0.249. The predicted octanol–water partition coefficient (Wildman–Crippen LogP) is 8.03. The molecule has 0 saturated heterocycles. The summed E-state index contributed by atoms with van der Waals surface area (Å²) >= 11 is 0. The Hall–Kier alpha value is -0.300. The summed E-state index contributed by atoms with van der Waals surface area (Å²) < 4.78 is 0. The lowest BCUT2D eigenvalue weighted by Crippen LogP contribution is -2.67. The van der Waals surface area contributed by atoms with Crippen molar-refractivity contribution in [2.45, 2.75) is 113 Å². The summed E-state index contributed by atoms with van der Waals surface area (Å²) in [5.74, 6) is 3.98. The van der Waals surface area contributed by atoms with E-state index in [1.807, 2.05) is 0 Å². The fourth-order valence-electron chi connectivity index (χ4n) is 11.7. The topological polar surface area (TPSA) is 20.2 Å². The normalized spacial score (nSPS) is 56.4. The zero-order valence-electron chi connectivity index (χ0n) is 21.7. The molecule has 1 N–H and O–H groups in total. The minimum Gasteiger partial charge on any atom is -0.396 e. The van der Waals surface area contributed by atoms with Crippen molar-refractivity contribution < 1.29 is 5.11 Å². The second-order valence-electron chi connectivity index (χ2n) is 14.2. The van der Waals surface area contributed by atoms with Gasteiger partial charge in [-0.25, -0.2) is 0 Å². The van der Waals surface area contributed by atoms with Gasteiger partial charge in [-0.3, -0.25) is 0 Å². The van der Waals surface area contributed by atoms with Gasteiger partial charge in [-0.05, 0) is 122 Å². The van der Waals surface area contributed by atoms with E-state index in [4.69, 9.17) is 0 Å². The first-order valence-electron chi connectivity index (χ1n) is 13.8. The Morgan fingerprint density at radius 3 is 2.19 bits per heavy atom. The van der Waals surface area contributed by atoms with Crippen LogP contribution in [0.3, 0.4) is 0 Å². The highest BCUT2D eigenvalue weighted by atomic mass is 16.3. The van der Waals surface area contributed by atoms with Crippen molar-refractivity contribution in [1.29, 1.82) is 0 Å². The van der Waals surface area contributed by atoms with Crippen molar-refractivity contribution in [2.75, 3.05) is 6.61 Å². The molecule has 0 bridgehead atoms. The lowest BCUT2D eigenvalue weighted by Gasteiger charge is -2.73. The van der Waals surface area contributed by atoms with E-state index < -0.39 is 0 Å². The van der Waals surface area contributed by atoms with E-state index in [1.165, 1.54) is 64.2 Å². The SMILES string of the molecule is CC1=CCC[C@H]2[C@]3(CO)CC[C@@]4(C)[C@@H]5CC[C@H](C(C)C)[C@@]5(C)CC[C@]4(C)[C@H]3CC[C@]12C. The molecule has 4 saturated carbocycles. The van der Waals surface area contributed by atoms with Gasteiger partial charge >= 0.3 is 0 Å². The summed E-state index contributed by atoms with van der Waals surface area (Å²) in [7, 11) is 0. The van der Waals surface area contributed by atoms with Crippen LogP contribution in [0, 0.1) is 56.7 Å². The van der Waals surface area contributed by atoms with E-state index in [1.54, 1.807) is 5.57 Å². The second kappa shape index (κ2) is 6.86. The van der Waals surface area contributed by atoms with Gasteiger partial charge in [0.25, 0.3) is 0 Å². The third-order valence-corrected chi connectivity index (χ3v) is 13.6. The molecule has 0 aliphatic heterocycles. The third-order valence-electron chi connectivity index (χ3n) is 13.6. The van der Waals surface area contributed by atoms with Crippen LogP contribution in [-0.4, -0.2) is 11.7 Å². The van der Waals surface area contributed by atoms with E-state index in [9.17, 15) is 5.11 Å². The van der Waals surface area contributed by atoms with E-state index >= 15 is 0 Å². The molecule has 5 aliphatic rings. The van der Waals surface area contributed by atoms with Crippen LogP contribution in [0.1, 0.15) is 113 Å². The summed E-state index contributed by atoms with van der Waals surface area (Å²) in [4.78, 5) is 0. The molecule has 176 valence electrons. The van der Waals surface area contributed by atoms with Crippen LogP contribution in [0.2, 0.25) is 0 Å². The first-order chi connectivity index (χ1) is 14.5. The van der Waals surface area contributed by atoms with Crippen LogP contribution >= 0.6 is 0 Å². The molecule has 9 atom stereocenters. The molecule has 0 amide bonds. The monoisotopic (exact) mass is 426 g/mol. The van der Waals surface area contributed by atoms with E-state index in [-0.39, 0.29) is 5.41 Å². The molecule has 0 radical (unpaired) electrons. The Morgan fingerprint density at radius 1 is 0.839 bits per heavy atom. The molecule has 1 heteroatoms. The highest BCUT2D eigenvalue weighted by molar-refractivity contribution is 5.26. The molecule has 31 heavy (non-hydrogen) atoms. The average molecular weight is 427 g/mol. The van der Waals surface area contributed by atoms with Crippen LogP contribution in [0.15, 0.2) is 11.6 Å². The van der Waals surface area contributed by atoms with Gasteiger partial charge in [0, 0.05) is 12.0 Å². The number of hydrogen-bond acceptors (Lipinski definition) is 1. The molecule has 0 aromatic carbocycles. The van der Waals surface area contributed by atoms with Crippen molar-refractivity contribution >= 4 is 0 Å². The molecule has 0 spiro atoms. The molecule has 4 fully saturated rings. The van der Waals surface area contributed by atoms with E-state index in [2.05, 4.69) is 54.5 Å². The third kappa shape index (κ3) is 2.54. The summed E-state index contributed by atoms with van der Waals surface area (Å²) in [6.45, 7) is 18.4. The summed E-state index contributed by atoms with van der Waals surface area (Å²) in [5, 5.41) is 11.1. The van der Waals surface area contributed by atoms with Gasteiger partial charge in [-0.1, -0.05) is 53.2 Å². The highest BCUT2D eigenvalue weighted by Crippen LogP contribution is 2.78. The quantitative estimate of drug-likeness (QED) is 0.443. The lowest BCUT2D eigenvalue weighted by atomic mass is 9.31. The smallest absolute Gasteiger partial charge is 0.0493 e. The number of fused-ring (bicyclic) bond motifs is 7. The summed E-state index contributed by atoms with van der Waals surface area (Å²) in [6, 6.07) is 0. The van der Waals surface area contributed by atoms with Gasteiger partial charge in [0.1, 0.15) is 0 Å². The molecule has 5 rings (SSSR count). The Bertz CT molecular complexity index is 766. The largest absolute Gasteiger partial charge is 0.396 e. The van der Waals surface area contributed by atoms with Gasteiger partial charge in [0.15, 0.2) is 0 Å². The van der Waals surface area contributed by atoms with Gasteiger partial charge in [-0.2, -0.15) is 0 Å². The standard InChI is InChI=1S/C30H50O/c1-20(2)22-11-12-23-27(22,5)15-16-29(7)25-13-14-26(4)21(3)9-8-10-24(26)30(25,19-31)18-17-28(23,29)6/h9,20,22-25,31H,8,10-19H2,1-7H3/t22-,23-,24-,25-,26-,27-,28+,29-,30-/m1/s1.